The number of benzene rings is 2. The maximum absolute atomic E-state index is 13.7. The molecule has 10 heteroatoms. The van der Waals surface area contributed by atoms with Crippen molar-refractivity contribution >= 4 is 33.8 Å². The van der Waals surface area contributed by atoms with E-state index in [1.807, 2.05) is 43.4 Å². The van der Waals surface area contributed by atoms with Gasteiger partial charge in [-0.15, -0.1) is 0 Å². The Bertz CT molecular complexity index is 1730. The molecule has 0 aliphatic heterocycles. The molecule has 224 valence electrons. The lowest BCUT2D eigenvalue weighted by molar-refractivity contribution is -0.122. The smallest absolute Gasteiger partial charge is 0.252 e. The summed E-state index contributed by atoms with van der Waals surface area (Å²) in [5, 5.41) is 16.8. The highest BCUT2D eigenvalue weighted by Gasteiger charge is 2.26. The number of nitrogens with zero attached hydrogens (tertiary/aromatic N) is 3. The fourth-order valence-electron chi connectivity index (χ4n) is 6.08. The van der Waals surface area contributed by atoms with Crippen molar-refractivity contribution in [3.63, 3.8) is 0 Å². The number of amides is 2. The standard InChI is InChI=1S/C33H38N6O4/c1-38(2)14-13-34-33(42)29(17-23-19-35-27-10-9-25(40)18-26(23)27)37-32(41)21-8-11-30-28(16-21)36-31(22-12-15-43-20-22)39(30)24-6-4-3-5-7-24/h8-12,15-16,18-20,24,29,35,40H,3-7,13-14,17H2,1-2H3,(H,34,42)(H,37,41)/t29-/m0/s1. The number of carbonyl (C=O) groups excluding carboxylic acids is 2. The lowest BCUT2D eigenvalue weighted by Gasteiger charge is -2.25. The van der Waals surface area contributed by atoms with Gasteiger partial charge >= 0.3 is 0 Å². The number of imidazole rings is 1. The first-order valence-electron chi connectivity index (χ1n) is 14.9. The molecule has 0 radical (unpaired) electrons. The zero-order valence-corrected chi connectivity index (χ0v) is 24.6. The number of rotatable bonds is 10. The SMILES string of the molecule is CN(C)CCNC(=O)[C@H](Cc1c[nH]c2ccc(O)cc12)NC(=O)c1ccc2c(c1)nc(-c1ccoc1)n2C1CCCCC1. The minimum atomic E-state index is -0.826. The Morgan fingerprint density at radius 3 is 2.74 bits per heavy atom. The lowest BCUT2D eigenvalue weighted by atomic mass is 9.95. The third kappa shape index (κ3) is 6.15. The number of phenolic OH excluding ortho intramolecular Hbond substituents is 1. The molecule has 10 nitrogen and oxygen atoms in total. The quantitative estimate of drug-likeness (QED) is 0.183. The average Bonchev–Trinajstić information content (AvgIpc) is 3.75. The number of aromatic nitrogens is 3. The summed E-state index contributed by atoms with van der Waals surface area (Å²) >= 11 is 0. The average molecular weight is 583 g/mol. The van der Waals surface area contributed by atoms with Gasteiger partial charge in [-0.2, -0.15) is 0 Å². The van der Waals surface area contributed by atoms with E-state index < -0.39 is 6.04 Å². The van der Waals surface area contributed by atoms with E-state index in [0.717, 1.165) is 51.7 Å². The van der Waals surface area contributed by atoms with Crippen LogP contribution in [0, 0.1) is 0 Å². The van der Waals surface area contributed by atoms with Crippen molar-refractivity contribution in [1.29, 1.82) is 0 Å². The second-order valence-corrected chi connectivity index (χ2v) is 11.7. The van der Waals surface area contributed by atoms with Gasteiger partial charge in [0.1, 0.15) is 23.9 Å². The van der Waals surface area contributed by atoms with E-state index in [1.54, 1.807) is 36.8 Å². The number of aromatic amines is 1. The summed E-state index contributed by atoms with van der Waals surface area (Å²) in [7, 11) is 3.88. The highest BCUT2D eigenvalue weighted by molar-refractivity contribution is 6.00. The predicted octanol–water partition coefficient (Wildman–Crippen LogP) is 5.01. The number of carbonyl (C=O) groups is 2. The molecule has 3 aromatic heterocycles. The summed E-state index contributed by atoms with van der Waals surface area (Å²) in [6.07, 6.45) is 11.2. The van der Waals surface area contributed by atoms with Crippen LogP contribution < -0.4 is 10.6 Å². The lowest BCUT2D eigenvalue weighted by Crippen LogP contribution is -2.49. The minimum Gasteiger partial charge on any atom is -0.508 e. The van der Waals surface area contributed by atoms with Crippen LogP contribution in [0.4, 0.5) is 0 Å². The van der Waals surface area contributed by atoms with Crippen molar-refractivity contribution in [3.05, 3.63) is 72.3 Å². The first-order chi connectivity index (χ1) is 20.9. The molecule has 2 amide bonds. The minimum absolute atomic E-state index is 0.139. The van der Waals surface area contributed by atoms with Crippen molar-refractivity contribution in [2.24, 2.45) is 0 Å². The zero-order chi connectivity index (χ0) is 29.9. The van der Waals surface area contributed by atoms with Gasteiger partial charge in [-0.05, 0) is 75.0 Å². The number of nitrogens with one attached hydrogen (secondary N) is 3. The predicted molar refractivity (Wildman–Crippen MR) is 166 cm³/mol. The molecule has 1 aliphatic rings. The van der Waals surface area contributed by atoms with E-state index in [2.05, 4.69) is 20.2 Å². The second kappa shape index (κ2) is 12.3. The molecule has 1 aliphatic carbocycles. The van der Waals surface area contributed by atoms with E-state index in [4.69, 9.17) is 9.40 Å². The fraction of sp³-hybridized carbons (Fsp3) is 0.364. The van der Waals surface area contributed by atoms with Gasteiger partial charge in [0.2, 0.25) is 5.91 Å². The molecular formula is C33H38N6O4. The van der Waals surface area contributed by atoms with Gasteiger partial charge in [-0.25, -0.2) is 4.98 Å². The van der Waals surface area contributed by atoms with E-state index in [1.165, 1.54) is 19.3 Å². The van der Waals surface area contributed by atoms with Gasteiger partial charge in [0, 0.05) is 48.2 Å². The summed E-state index contributed by atoms with van der Waals surface area (Å²) in [6.45, 7) is 1.13. The van der Waals surface area contributed by atoms with E-state index in [0.29, 0.717) is 24.7 Å². The molecule has 0 unspecified atom stereocenters. The molecule has 4 N–H and O–H groups in total. The van der Waals surface area contributed by atoms with Crippen LogP contribution in [0.1, 0.15) is 54.1 Å². The van der Waals surface area contributed by atoms with E-state index >= 15 is 0 Å². The number of fused-ring (bicyclic) bond motifs is 2. The topological polar surface area (TPSA) is 128 Å². The Morgan fingerprint density at radius 1 is 1.14 bits per heavy atom. The molecule has 1 atom stereocenters. The van der Waals surface area contributed by atoms with Gasteiger partial charge in [-0.1, -0.05) is 19.3 Å². The van der Waals surface area contributed by atoms with Crippen molar-refractivity contribution < 1.29 is 19.1 Å². The van der Waals surface area contributed by atoms with Gasteiger partial charge in [0.15, 0.2) is 0 Å². The van der Waals surface area contributed by atoms with Crippen LogP contribution in [0.3, 0.4) is 0 Å². The van der Waals surface area contributed by atoms with Gasteiger partial charge in [0.05, 0.1) is 22.9 Å². The van der Waals surface area contributed by atoms with Gasteiger partial charge in [0.25, 0.3) is 5.91 Å². The van der Waals surface area contributed by atoms with Gasteiger partial charge < -0.3 is 34.6 Å². The Kier molecular flexibility index (Phi) is 8.20. The summed E-state index contributed by atoms with van der Waals surface area (Å²) in [4.78, 5) is 37.1. The molecule has 1 saturated carbocycles. The maximum Gasteiger partial charge on any atom is 0.252 e. The van der Waals surface area contributed by atoms with E-state index in [-0.39, 0.29) is 24.0 Å². The number of hydrogen-bond donors (Lipinski definition) is 4. The number of phenols is 1. The van der Waals surface area contributed by atoms with Crippen LogP contribution in [0.5, 0.6) is 5.75 Å². The van der Waals surface area contributed by atoms with E-state index in [9.17, 15) is 14.7 Å². The van der Waals surface area contributed by atoms with Crippen molar-refractivity contribution in [2.75, 3.05) is 27.2 Å². The third-order valence-corrected chi connectivity index (χ3v) is 8.33. The molecule has 3 heterocycles. The first kappa shape index (κ1) is 28.5. The molecular weight excluding hydrogens is 544 g/mol. The third-order valence-electron chi connectivity index (χ3n) is 8.33. The van der Waals surface area contributed by atoms with Crippen molar-refractivity contribution in [2.45, 2.75) is 50.6 Å². The molecule has 0 spiro atoms. The number of likely N-dealkylation sites (N-methyl/N-ethyl adjacent to an activating group) is 1. The first-order valence-corrected chi connectivity index (χ1v) is 14.9. The number of aromatic hydroxyl groups is 1. The van der Waals surface area contributed by atoms with Crippen LogP contribution in [-0.2, 0) is 11.2 Å². The summed E-state index contributed by atoms with van der Waals surface area (Å²) in [6, 6.07) is 12.1. The zero-order valence-electron chi connectivity index (χ0n) is 24.6. The highest BCUT2D eigenvalue weighted by Crippen LogP contribution is 2.36. The molecule has 5 aromatic rings. The Balaban J connectivity index is 1.29. The summed E-state index contributed by atoms with van der Waals surface area (Å²) in [5.41, 5.74) is 4.72. The Morgan fingerprint density at radius 2 is 1.98 bits per heavy atom. The number of H-pyrrole nitrogens is 1. The molecule has 6 rings (SSSR count). The molecule has 43 heavy (non-hydrogen) atoms. The number of hydrogen-bond acceptors (Lipinski definition) is 6. The van der Waals surface area contributed by atoms with Crippen molar-refractivity contribution in [3.8, 4) is 17.1 Å². The van der Waals surface area contributed by atoms with Crippen LogP contribution >= 0.6 is 0 Å². The normalized spacial score (nSPS) is 14.9. The number of furan rings is 1. The molecule has 1 fully saturated rings. The molecule has 0 bridgehead atoms. The summed E-state index contributed by atoms with van der Waals surface area (Å²) < 4.78 is 7.68. The fourth-order valence-corrected chi connectivity index (χ4v) is 6.08. The Hall–Kier alpha value is -4.57. The van der Waals surface area contributed by atoms with Crippen molar-refractivity contribution in [1.82, 2.24) is 30.1 Å². The Labute approximate surface area is 250 Å². The summed E-state index contributed by atoms with van der Waals surface area (Å²) in [5.74, 6) is 0.359. The van der Waals surface area contributed by atoms with Crippen LogP contribution in [-0.4, -0.2) is 69.6 Å². The van der Waals surface area contributed by atoms with Gasteiger partial charge in [-0.3, -0.25) is 9.59 Å². The second-order valence-electron chi connectivity index (χ2n) is 11.7. The van der Waals surface area contributed by atoms with Crippen LogP contribution in [0.25, 0.3) is 33.3 Å². The largest absolute Gasteiger partial charge is 0.508 e. The monoisotopic (exact) mass is 582 g/mol. The molecule has 0 saturated heterocycles. The highest BCUT2D eigenvalue weighted by atomic mass is 16.3. The molecule has 2 aromatic carbocycles. The maximum atomic E-state index is 13.7. The van der Waals surface area contributed by atoms with Crippen LogP contribution in [0.15, 0.2) is 65.6 Å². The van der Waals surface area contributed by atoms with Crippen LogP contribution in [0.2, 0.25) is 0 Å².